The molecule has 148 valence electrons. The first-order chi connectivity index (χ1) is 14.1. The lowest BCUT2D eigenvalue weighted by molar-refractivity contribution is -0.123. The minimum absolute atomic E-state index is 0.0478. The number of nitrogens with one attached hydrogen (secondary N) is 1. The highest BCUT2D eigenvalue weighted by Crippen LogP contribution is 2.29. The fourth-order valence-electron chi connectivity index (χ4n) is 2.54. The van der Waals surface area contributed by atoms with Gasteiger partial charge in [-0.2, -0.15) is 13.9 Å². The number of ether oxygens (including phenoxy) is 2. The van der Waals surface area contributed by atoms with Crippen LogP contribution in [-0.4, -0.2) is 25.3 Å². The van der Waals surface area contributed by atoms with Crippen molar-refractivity contribution in [2.24, 2.45) is 5.10 Å². The van der Waals surface area contributed by atoms with Crippen LogP contribution in [0.15, 0.2) is 84.0 Å². The summed E-state index contributed by atoms with van der Waals surface area (Å²) < 4.78 is 34.1. The van der Waals surface area contributed by atoms with E-state index in [1.807, 2.05) is 48.5 Å². The average molecular weight is 396 g/mol. The van der Waals surface area contributed by atoms with Crippen molar-refractivity contribution in [2.45, 2.75) is 6.61 Å². The summed E-state index contributed by atoms with van der Waals surface area (Å²) in [6.45, 7) is -3.08. The molecule has 3 rings (SSSR count). The summed E-state index contributed by atoms with van der Waals surface area (Å²) in [7, 11) is 0. The van der Waals surface area contributed by atoms with E-state index in [2.05, 4.69) is 15.3 Å². The highest BCUT2D eigenvalue weighted by molar-refractivity contribution is 5.83. The fourth-order valence-corrected chi connectivity index (χ4v) is 2.54. The quantitative estimate of drug-likeness (QED) is 0.451. The van der Waals surface area contributed by atoms with Crippen LogP contribution in [0.2, 0.25) is 0 Å². The van der Waals surface area contributed by atoms with Crippen LogP contribution in [0.5, 0.6) is 11.5 Å². The molecule has 29 heavy (non-hydrogen) atoms. The van der Waals surface area contributed by atoms with Gasteiger partial charge in [-0.05, 0) is 41.5 Å². The molecule has 5 nitrogen and oxygen atoms in total. The Morgan fingerprint density at radius 1 is 0.966 bits per heavy atom. The molecule has 0 heterocycles. The van der Waals surface area contributed by atoms with Crippen LogP contribution in [0.4, 0.5) is 8.78 Å². The van der Waals surface area contributed by atoms with Gasteiger partial charge in [-0.3, -0.25) is 4.79 Å². The van der Waals surface area contributed by atoms with Crippen molar-refractivity contribution < 1.29 is 23.0 Å². The Kier molecular flexibility index (Phi) is 6.89. The number of nitrogens with zero attached hydrogens (tertiary/aromatic N) is 1. The van der Waals surface area contributed by atoms with Crippen molar-refractivity contribution in [1.82, 2.24) is 5.43 Å². The summed E-state index contributed by atoms with van der Waals surface area (Å²) in [5.41, 5.74) is 4.85. The van der Waals surface area contributed by atoms with E-state index in [-0.39, 0.29) is 12.4 Å². The first-order valence-corrected chi connectivity index (χ1v) is 8.76. The Hall–Kier alpha value is -3.74. The maximum atomic E-state index is 12.1. The molecule has 1 N–H and O–H groups in total. The maximum absolute atomic E-state index is 12.1. The third-order valence-electron chi connectivity index (χ3n) is 3.84. The number of hydrogen-bond donors (Lipinski definition) is 1. The van der Waals surface area contributed by atoms with Gasteiger partial charge >= 0.3 is 6.61 Å². The number of hydrogen-bond acceptors (Lipinski definition) is 4. The molecular formula is C22H18F2N2O3. The summed E-state index contributed by atoms with van der Waals surface area (Å²) in [5.74, 6) is 0.209. The van der Waals surface area contributed by atoms with Crippen LogP contribution in [0.25, 0.3) is 11.1 Å². The lowest BCUT2D eigenvalue weighted by Gasteiger charge is -2.10. The number of rotatable bonds is 8. The van der Waals surface area contributed by atoms with Gasteiger partial charge in [0.2, 0.25) is 0 Å². The highest BCUT2D eigenvalue weighted by Gasteiger charge is 2.08. The van der Waals surface area contributed by atoms with Crippen LogP contribution in [0.1, 0.15) is 5.56 Å². The Morgan fingerprint density at radius 3 is 2.38 bits per heavy atom. The zero-order valence-electron chi connectivity index (χ0n) is 15.3. The van der Waals surface area contributed by atoms with E-state index in [4.69, 9.17) is 4.74 Å². The van der Waals surface area contributed by atoms with E-state index in [9.17, 15) is 13.6 Å². The summed E-state index contributed by atoms with van der Waals surface area (Å²) >= 11 is 0. The van der Waals surface area contributed by atoms with Crippen LogP contribution < -0.4 is 14.9 Å². The normalized spacial score (nSPS) is 10.9. The molecule has 3 aromatic carbocycles. The lowest BCUT2D eigenvalue weighted by atomic mass is 10.1. The monoisotopic (exact) mass is 396 g/mol. The molecule has 0 saturated carbocycles. The molecule has 0 spiro atoms. The van der Waals surface area contributed by atoms with Gasteiger partial charge in [0.15, 0.2) is 6.61 Å². The van der Waals surface area contributed by atoms with Crippen molar-refractivity contribution in [2.75, 3.05) is 6.61 Å². The van der Waals surface area contributed by atoms with Gasteiger partial charge in [0.25, 0.3) is 5.91 Å². The number of hydrazone groups is 1. The average Bonchev–Trinajstić information content (AvgIpc) is 2.74. The second kappa shape index (κ2) is 9.98. The van der Waals surface area contributed by atoms with Gasteiger partial charge < -0.3 is 9.47 Å². The van der Waals surface area contributed by atoms with Gasteiger partial charge in [0.05, 0.1) is 6.21 Å². The molecular weight excluding hydrogens is 378 g/mol. The van der Waals surface area contributed by atoms with Gasteiger partial charge in [0.1, 0.15) is 11.5 Å². The zero-order valence-corrected chi connectivity index (χ0v) is 15.3. The van der Waals surface area contributed by atoms with Gasteiger partial charge in [-0.15, -0.1) is 0 Å². The Morgan fingerprint density at radius 2 is 1.66 bits per heavy atom. The fraction of sp³-hybridized carbons (Fsp3) is 0.0909. The molecule has 0 bridgehead atoms. The second-order valence-electron chi connectivity index (χ2n) is 5.89. The summed E-state index contributed by atoms with van der Waals surface area (Å²) in [5, 5.41) is 3.83. The summed E-state index contributed by atoms with van der Waals surface area (Å²) in [4.78, 5) is 12.0. The SMILES string of the molecule is O=C(COc1ccccc1-c1ccccc1)N/N=C/c1ccc(OC(F)F)cc1. The first-order valence-electron chi connectivity index (χ1n) is 8.76. The van der Waals surface area contributed by atoms with Crippen LogP contribution >= 0.6 is 0 Å². The standard InChI is InChI=1S/C22H18F2N2O3/c23-22(24)29-18-12-10-16(11-13-18)14-25-26-21(27)15-28-20-9-5-4-8-19(20)17-6-2-1-3-7-17/h1-14,22H,15H2,(H,26,27)/b25-14+. The number of carbonyl (C=O) groups is 1. The van der Waals surface area contributed by atoms with Crippen molar-refractivity contribution in [3.63, 3.8) is 0 Å². The third-order valence-corrected chi connectivity index (χ3v) is 3.84. The minimum atomic E-state index is -2.87. The Bertz CT molecular complexity index is 961. The number of carbonyl (C=O) groups excluding carboxylic acids is 1. The minimum Gasteiger partial charge on any atom is -0.483 e. The van der Waals surface area contributed by atoms with E-state index in [0.29, 0.717) is 11.3 Å². The van der Waals surface area contributed by atoms with Crippen LogP contribution in [0, 0.1) is 0 Å². The molecule has 0 aliphatic carbocycles. The number of amides is 1. The first kappa shape index (κ1) is 20.0. The number of alkyl halides is 2. The molecule has 0 fully saturated rings. The molecule has 0 aromatic heterocycles. The molecule has 0 atom stereocenters. The number of halogens is 2. The third kappa shape index (κ3) is 6.14. The van der Waals surface area contributed by atoms with Crippen molar-refractivity contribution in [3.8, 4) is 22.6 Å². The molecule has 0 unspecified atom stereocenters. The predicted octanol–water partition coefficient (Wildman–Crippen LogP) is 4.48. The lowest BCUT2D eigenvalue weighted by Crippen LogP contribution is -2.24. The topological polar surface area (TPSA) is 59.9 Å². The van der Waals surface area contributed by atoms with Crippen molar-refractivity contribution in [1.29, 1.82) is 0 Å². The van der Waals surface area contributed by atoms with Gasteiger partial charge in [0, 0.05) is 5.56 Å². The molecule has 0 saturated heterocycles. The molecule has 3 aromatic rings. The Balaban J connectivity index is 1.53. The molecule has 0 aliphatic heterocycles. The second-order valence-corrected chi connectivity index (χ2v) is 5.89. The van der Waals surface area contributed by atoms with Crippen LogP contribution in [0.3, 0.4) is 0 Å². The maximum Gasteiger partial charge on any atom is 0.387 e. The predicted molar refractivity (Wildman–Crippen MR) is 106 cm³/mol. The van der Waals surface area contributed by atoms with Crippen LogP contribution in [-0.2, 0) is 4.79 Å². The highest BCUT2D eigenvalue weighted by atomic mass is 19.3. The summed E-state index contributed by atoms with van der Waals surface area (Å²) in [6.07, 6.45) is 1.39. The smallest absolute Gasteiger partial charge is 0.387 e. The summed E-state index contributed by atoms with van der Waals surface area (Å²) in [6, 6.07) is 23.0. The van der Waals surface area contributed by atoms with E-state index >= 15 is 0 Å². The molecule has 1 amide bonds. The number of para-hydroxylation sites is 1. The van der Waals surface area contributed by atoms with Crippen molar-refractivity contribution in [3.05, 3.63) is 84.4 Å². The van der Waals surface area contributed by atoms with E-state index in [1.54, 1.807) is 18.2 Å². The zero-order chi connectivity index (χ0) is 20.5. The van der Waals surface area contributed by atoms with Crippen molar-refractivity contribution >= 4 is 12.1 Å². The number of benzene rings is 3. The van der Waals surface area contributed by atoms with E-state index in [0.717, 1.165) is 11.1 Å². The molecule has 0 radical (unpaired) electrons. The molecule has 7 heteroatoms. The molecule has 0 aliphatic rings. The Labute approximate surface area is 166 Å². The van der Waals surface area contributed by atoms with Gasteiger partial charge in [-0.25, -0.2) is 5.43 Å². The van der Waals surface area contributed by atoms with Gasteiger partial charge in [-0.1, -0.05) is 48.5 Å². The largest absolute Gasteiger partial charge is 0.483 e. The van der Waals surface area contributed by atoms with E-state index in [1.165, 1.54) is 18.3 Å². The van der Waals surface area contributed by atoms with E-state index < -0.39 is 12.5 Å².